The largest absolute Gasteiger partial charge is 0.480 e. The Morgan fingerprint density at radius 2 is 1.94 bits per heavy atom. The first-order chi connectivity index (χ1) is 7.56. The van der Waals surface area contributed by atoms with Gasteiger partial charge < -0.3 is 10.0 Å². The third-order valence-electron chi connectivity index (χ3n) is 4.13. The second-order valence-corrected chi connectivity index (χ2v) is 5.22. The van der Waals surface area contributed by atoms with Crippen molar-refractivity contribution in [1.82, 2.24) is 4.90 Å². The number of amides is 1. The molecule has 0 aromatic rings. The summed E-state index contributed by atoms with van der Waals surface area (Å²) in [4.78, 5) is 24.9. The van der Waals surface area contributed by atoms with E-state index in [9.17, 15) is 9.59 Å². The van der Waals surface area contributed by atoms with E-state index in [0.29, 0.717) is 18.8 Å². The summed E-state index contributed by atoms with van der Waals surface area (Å²) >= 11 is 0. The first kappa shape index (κ1) is 11.4. The minimum atomic E-state index is -1.08. The van der Waals surface area contributed by atoms with E-state index in [1.807, 2.05) is 0 Å². The Morgan fingerprint density at radius 1 is 1.31 bits per heavy atom. The van der Waals surface area contributed by atoms with Gasteiger partial charge in [-0.25, -0.2) is 0 Å². The van der Waals surface area contributed by atoms with Crippen molar-refractivity contribution in [3.8, 4) is 0 Å². The fourth-order valence-electron chi connectivity index (χ4n) is 2.56. The van der Waals surface area contributed by atoms with Gasteiger partial charge >= 0.3 is 5.97 Å². The van der Waals surface area contributed by atoms with Crippen LogP contribution in [0.15, 0.2) is 0 Å². The minimum Gasteiger partial charge on any atom is -0.480 e. The van der Waals surface area contributed by atoms with Crippen molar-refractivity contribution in [3.63, 3.8) is 0 Å². The van der Waals surface area contributed by atoms with Crippen molar-refractivity contribution in [1.29, 1.82) is 0 Å². The summed E-state index contributed by atoms with van der Waals surface area (Å²) in [6, 6.07) is 0. The van der Waals surface area contributed by atoms with Crippen molar-refractivity contribution in [3.05, 3.63) is 0 Å². The molecule has 0 radical (unpaired) electrons. The number of carbonyl (C=O) groups excluding carboxylic acids is 1. The van der Waals surface area contributed by atoms with Crippen LogP contribution >= 0.6 is 0 Å². The van der Waals surface area contributed by atoms with Crippen molar-refractivity contribution < 1.29 is 14.7 Å². The molecule has 0 heterocycles. The monoisotopic (exact) mass is 225 g/mol. The third kappa shape index (κ3) is 1.70. The number of rotatable bonds is 4. The van der Waals surface area contributed by atoms with Crippen molar-refractivity contribution in [2.75, 3.05) is 13.6 Å². The van der Waals surface area contributed by atoms with Gasteiger partial charge in [0, 0.05) is 13.6 Å². The highest BCUT2D eigenvalue weighted by molar-refractivity contribution is 6.02. The van der Waals surface area contributed by atoms with Gasteiger partial charge in [0.2, 0.25) is 5.91 Å². The van der Waals surface area contributed by atoms with E-state index in [0.717, 1.165) is 13.0 Å². The fourth-order valence-corrected chi connectivity index (χ4v) is 2.56. The maximum Gasteiger partial charge on any atom is 0.319 e. The summed E-state index contributed by atoms with van der Waals surface area (Å²) in [5, 5.41) is 9.16. The van der Waals surface area contributed by atoms with E-state index in [1.165, 1.54) is 19.3 Å². The molecule has 4 nitrogen and oxygen atoms in total. The zero-order valence-corrected chi connectivity index (χ0v) is 9.74. The molecular formula is C12H19NO3. The molecular weight excluding hydrogens is 206 g/mol. The SMILES string of the molecule is CN(CC1CCC1)C(=O)C1(C(=O)O)CCC1. The second kappa shape index (κ2) is 4.07. The van der Waals surface area contributed by atoms with Gasteiger partial charge in [-0.2, -0.15) is 0 Å². The van der Waals surface area contributed by atoms with E-state index >= 15 is 0 Å². The van der Waals surface area contributed by atoms with Gasteiger partial charge in [0.15, 0.2) is 0 Å². The highest BCUT2D eigenvalue weighted by Gasteiger charge is 2.52. The number of carbonyl (C=O) groups is 2. The predicted molar refractivity (Wildman–Crippen MR) is 58.9 cm³/mol. The molecule has 2 fully saturated rings. The molecule has 0 atom stereocenters. The Bertz CT molecular complexity index is 305. The number of hydrogen-bond acceptors (Lipinski definition) is 2. The van der Waals surface area contributed by atoms with E-state index < -0.39 is 11.4 Å². The normalized spacial score (nSPS) is 23.1. The van der Waals surface area contributed by atoms with E-state index in [1.54, 1.807) is 11.9 Å². The van der Waals surface area contributed by atoms with Gasteiger partial charge in [-0.05, 0) is 31.6 Å². The first-order valence-corrected chi connectivity index (χ1v) is 6.05. The van der Waals surface area contributed by atoms with Crippen LogP contribution in [0.5, 0.6) is 0 Å². The molecule has 90 valence electrons. The molecule has 1 N–H and O–H groups in total. The minimum absolute atomic E-state index is 0.182. The molecule has 16 heavy (non-hydrogen) atoms. The summed E-state index contributed by atoms with van der Waals surface area (Å²) in [5.41, 5.74) is -1.08. The zero-order chi connectivity index (χ0) is 11.8. The van der Waals surface area contributed by atoms with E-state index in [4.69, 9.17) is 5.11 Å². The van der Waals surface area contributed by atoms with Crippen LogP contribution in [0.2, 0.25) is 0 Å². The Labute approximate surface area is 95.6 Å². The molecule has 2 rings (SSSR count). The smallest absolute Gasteiger partial charge is 0.319 e. The molecule has 0 aliphatic heterocycles. The maximum atomic E-state index is 12.1. The van der Waals surface area contributed by atoms with Gasteiger partial charge in [0.1, 0.15) is 5.41 Å². The summed E-state index contributed by atoms with van der Waals surface area (Å²) in [5.74, 6) is -0.526. The van der Waals surface area contributed by atoms with Crippen molar-refractivity contribution in [2.45, 2.75) is 38.5 Å². The Kier molecular flexibility index (Phi) is 2.91. The predicted octanol–water partition coefficient (Wildman–Crippen LogP) is 1.50. The lowest BCUT2D eigenvalue weighted by Gasteiger charge is -2.40. The van der Waals surface area contributed by atoms with Gasteiger partial charge in [-0.1, -0.05) is 12.8 Å². The molecule has 2 aliphatic rings. The Morgan fingerprint density at radius 3 is 2.25 bits per heavy atom. The molecule has 0 aromatic heterocycles. The van der Waals surface area contributed by atoms with Gasteiger partial charge in [0.05, 0.1) is 0 Å². The van der Waals surface area contributed by atoms with Gasteiger partial charge in [-0.15, -0.1) is 0 Å². The van der Waals surface area contributed by atoms with Crippen molar-refractivity contribution >= 4 is 11.9 Å². The number of carboxylic acids is 1. The molecule has 2 saturated carbocycles. The van der Waals surface area contributed by atoms with Crippen LogP contribution in [-0.4, -0.2) is 35.5 Å². The second-order valence-electron chi connectivity index (χ2n) is 5.22. The molecule has 0 bridgehead atoms. The maximum absolute atomic E-state index is 12.1. The van der Waals surface area contributed by atoms with Crippen LogP contribution < -0.4 is 0 Å². The summed E-state index contributed by atoms with van der Waals surface area (Å²) in [6.45, 7) is 0.730. The third-order valence-corrected chi connectivity index (χ3v) is 4.13. The van der Waals surface area contributed by atoms with Crippen LogP contribution in [0.4, 0.5) is 0 Å². The topological polar surface area (TPSA) is 57.6 Å². The first-order valence-electron chi connectivity index (χ1n) is 6.05. The molecule has 0 unspecified atom stereocenters. The quantitative estimate of drug-likeness (QED) is 0.738. The summed E-state index contributed by atoms with van der Waals surface area (Å²) in [7, 11) is 1.74. The Hall–Kier alpha value is -1.06. The number of carboxylic acid groups (broad SMARTS) is 1. The summed E-state index contributed by atoms with van der Waals surface area (Å²) < 4.78 is 0. The molecule has 1 amide bonds. The van der Waals surface area contributed by atoms with Crippen molar-refractivity contribution in [2.24, 2.45) is 11.3 Å². The molecule has 4 heteroatoms. The number of aliphatic carboxylic acids is 1. The molecule has 0 spiro atoms. The summed E-state index contributed by atoms with van der Waals surface area (Å²) in [6.07, 6.45) is 5.48. The highest BCUT2D eigenvalue weighted by atomic mass is 16.4. The van der Waals surface area contributed by atoms with Crippen LogP contribution in [0.3, 0.4) is 0 Å². The standard InChI is InChI=1S/C12H19NO3/c1-13(8-9-4-2-5-9)10(14)12(11(15)16)6-3-7-12/h9H,2-8H2,1H3,(H,15,16). The zero-order valence-electron chi connectivity index (χ0n) is 9.74. The van der Waals surface area contributed by atoms with E-state index in [2.05, 4.69) is 0 Å². The average molecular weight is 225 g/mol. The number of nitrogens with zero attached hydrogens (tertiary/aromatic N) is 1. The fraction of sp³-hybridized carbons (Fsp3) is 0.833. The Balaban J connectivity index is 1.96. The number of hydrogen-bond donors (Lipinski definition) is 1. The molecule has 2 aliphatic carbocycles. The average Bonchev–Trinajstić information content (AvgIpc) is 2.08. The molecule has 0 saturated heterocycles. The lowest BCUT2D eigenvalue weighted by Crippen LogP contribution is -2.52. The van der Waals surface area contributed by atoms with Crippen LogP contribution in [0, 0.1) is 11.3 Å². The van der Waals surface area contributed by atoms with Gasteiger partial charge in [-0.3, -0.25) is 9.59 Å². The lowest BCUT2D eigenvalue weighted by atomic mass is 9.67. The molecule has 0 aromatic carbocycles. The van der Waals surface area contributed by atoms with Crippen LogP contribution in [-0.2, 0) is 9.59 Å². The highest BCUT2D eigenvalue weighted by Crippen LogP contribution is 2.43. The lowest BCUT2D eigenvalue weighted by molar-refractivity contribution is -0.167. The van der Waals surface area contributed by atoms with E-state index in [-0.39, 0.29) is 5.91 Å². The van der Waals surface area contributed by atoms with Crippen LogP contribution in [0.1, 0.15) is 38.5 Å². The van der Waals surface area contributed by atoms with Crippen LogP contribution in [0.25, 0.3) is 0 Å². The van der Waals surface area contributed by atoms with Gasteiger partial charge in [0.25, 0.3) is 0 Å².